The molecule has 2 aromatic rings. The predicted molar refractivity (Wildman–Crippen MR) is 31.6 cm³/mol. The number of aromatic nitrogens is 4. The first-order valence-electron chi connectivity index (χ1n) is 2.79. The third-order valence-electron chi connectivity index (χ3n) is 1.21. The lowest BCUT2D eigenvalue weighted by atomic mass is 10.5. The molecule has 2 rings (SSSR count). The van der Waals surface area contributed by atoms with Crippen LogP contribution in [0.4, 0.5) is 8.78 Å². The molecule has 0 fully saturated rings. The van der Waals surface area contributed by atoms with Gasteiger partial charge in [0.25, 0.3) is 6.08 Å². The summed E-state index contributed by atoms with van der Waals surface area (Å²) in [4.78, 5) is 12.0. The summed E-state index contributed by atoms with van der Waals surface area (Å²) in [6.45, 7) is 0. The van der Waals surface area contributed by atoms with E-state index in [2.05, 4.69) is 15.0 Å². The number of rotatable bonds is 0. The van der Waals surface area contributed by atoms with Gasteiger partial charge >= 0.3 is 0 Å². The van der Waals surface area contributed by atoms with Crippen LogP contribution < -0.4 is 0 Å². The highest BCUT2D eigenvalue weighted by Crippen LogP contribution is 2.08. The first-order valence-corrected chi connectivity index (χ1v) is 2.79. The normalized spacial score (nSPS) is 10.7. The second kappa shape index (κ2) is 1.94. The molecule has 2 aromatic heterocycles. The maximum absolute atomic E-state index is 12.6. The molecule has 0 radical (unpaired) electrons. The molecule has 11 heavy (non-hydrogen) atoms. The highest BCUT2D eigenvalue weighted by Gasteiger charge is 2.07. The lowest BCUT2D eigenvalue weighted by Crippen LogP contribution is -1.85. The van der Waals surface area contributed by atoms with Crippen LogP contribution in [0.1, 0.15) is 0 Å². The van der Waals surface area contributed by atoms with Gasteiger partial charge in [-0.25, -0.2) is 9.97 Å². The summed E-state index contributed by atoms with van der Waals surface area (Å²) in [5.41, 5.74) is -0.111. The Kier molecular flexibility index (Phi) is 1.09. The van der Waals surface area contributed by atoms with E-state index in [0.717, 1.165) is 6.33 Å². The number of nitrogens with zero attached hydrogens (tertiary/aromatic N) is 3. The van der Waals surface area contributed by atoms with Gasteiger partial charge in [0.1, 0.15) is 11.8 Å². The van der Waals surface area contributed by atoms with Gasteiger partial charge in [-0.1, -0.05) is 0 Å². The summed E-state index contributed by atoms with van der Waals surface area (Å²) in [7, 11) is 0. The first-order chi connectivity index (χ1) is 5.27. The monoisotopic (exact) mass is 156 g/mol. The third-order valence-corrected chi connectivity index (χ3v) is 1.21. The molecule has 0 spiro atoms. The summed E-state index contributed by atoms with van der Waals surface area (Å²) in [5, 5.41) is 0. The largest absolute Gasteiger partial charge is 0.309 e. The SMILES string of the molecule is Fc1nc2ncnc(F)c2[nH]1. The second-order valence-corrected chi connectivity index (χ2v) is 1.89. The molecule has 0 amide bonds. The zero-order valence-corrected chi connectivity index (χ0v) is 5.17. The molecule has 2 heterocycles. The van der Waals surface area contributed by atoms with Crippen molar-refractivity contribution in [2.75, 3.05) is 0 Å². The Morgan fingerprint density at radius 1 is 1.27 bits per heavy atom. The molecule has 0 saturated heterocycles. The minimum absolute atomic E-state index is 0.00463. The van der Waals surface area contributed by atoms with Gasteiger partial charge < -0.3 is 4.98 Å². The maximum Gasteiger partial charge on any atom is 0.289 e. The zero-order valence-electron chi connectivity index (χ0n) is 5.17. The minimum atomic E-state index is -0.862. The smallest absolute Gasteiger partial charge is 0.289 e. The average Bonchev–Trinajstić information content (AvgIpc) is 2.31. The van der Waals surface area contributed by atoms with Crippen molar-refractivity contribution in [2.45, 2.75) is 0 Å². The number of nitrogens with one attached hydrogen (secondary N) is 1. The fourth-order valence-corrected chi connectivity index (χ4v) is 0.772. The summed E-state index contributed by atoms with van der Waals surface area (Å²) >= 11 is 0. The molecule has 0 saturated carbocycles. The van der Waals surface area contributed by atoms with Crippen LogP contribution in [0.5, 0.6) is 0 Å². The van der Waals surface area contributed by atoms with Crippen LogP contribution in [0.25, 0.3) is 11.2 Å². The molecular weight excluding hydrogens is 154 g/mol. The summed E-state index contributed by atoms with van der Waals surface area (Å²) in [5.74, 6) is -0.800. The van der Waals surface area contributed by atoms with Crippen molar-refractivity contribution in [3.05, 3.63) is 18.4 Å². The van der Waals surface area contributed by atoms with Crippen LogP contribution in [0.3, 0.4) is 0 Å². The Morgan fingerprint density at radius 2 is 2.09 bits per heavy atom. The minimum Gasteiger partial charge on any atom is -0.309 e. The van der Waals surface area contributed by atoms with Crippen LogP contribution in [0.2, 0.25) is 0 Å². The second-order valence-electron chi connectivity index (χ2n) is 1.89. The van der Waals surface area contributed by atoms with Gasteiger partial charge in [-0.15, -0.1) is 0 Å². The quantitative estimate of drug-likeness (QED) is 0.449. The first kappa shape index (κ1) is 6.14. The van der Waals surface area contributed by atoms with Crippen molar-refractivity contribution in [1.29, 1.82) is 0 Å². The molecule has 0 atom stereocenters. The molecule has 0 bridgehead atoms. The van der Waals surface area contributed by atoms with Gasteiger partial charge in [0.05, 0.1) is 0 Å². The number of hydrogen-bond donors (Lipinski definition) is 1. The number of aromatic amines is 1. The van der Waals surface area contributed by atoms with Crippen molar-refractivity contribution in [2.24, 2.45) is 0 Å². The Morgan fingerprint density at radius 3 is 2.82 bits per heavy atom. The third kappa shape index (κ3) is 0.830. The zero-order chi connectivity index (χ0) is 7.84. The van der Waals surface area contributed by atoms with E-state index < -0.39 is 12.0 Å². The van der Waals surface area contributed by atoms with Crippen molar-refractivity contribution in [3.63, 3.8) is 0 Å². The van der Waals surface area contributed by atoms with Crippen LogP contribution in [-0.2, 0) is 0 Å². The Labute approximate surface area is 59.3 Å². The maximum atomic E-state index is 12.6. The predicted octanol–water partition coefficient (Wildman–Crippen LogP) is 0.631. The average molecular weight is 156 g/mol. The van der Waals surface area contributed by atoms with Crippen LogP contribution in [-0.4, -0.2) is 19.9 Å². The summed E-state index contributed by atoms with van der Waals surface area (Å²) < 4.78 is 24.9. The molecule has 0 aromatic carbocycles. The Balaban J connectivity index is 2.90. The molecular formula is C5H2F2N4. The molecule has 1 N–H and O–H groups in total. The number of fused-ring (bicyclic) bond motifs is 1. The van der Waals surface area contributed by atoms with E-state index in [4.69, 9.17) is 0 Å². The molecule has 56 valence electrons. The fraction of sp³-hybridized carbons (Fsp3) is 0. The van der Waals surface area contributed by atoms with Crippen molar-refractivity contribution < 1.29 is 8.78 Å². The Hall–Kier alpha value is -1.59. The van der Waals surface area contributed by atoms with Gasteiger partial charge in [0.15, 0.2) is 5.65 Å². The van der Waals surface area contributed by atoms with Crippen LogP contribution in [0, 0.1) is 12.0 Å². The van der Waals surface area contributed by atoms with Crippen LogP contribution >= 0.6 is 0 Å². The molecule has 6 heteroatoms. The summed E-state index contributed by atoms with van der Waals surface area (Å²) in [6, 6.07) is 0. The van der Waals surface area contributed by atoms with Gasteiger partial charge in [-0.2, -0.15) is 13.8 Å². The van der Waals surface area contributed by atoms with Crippen molar-refractivity contribution in [3.8, 4) is 0 Å². The molecule has 4 nitrogen and oxygen atoms in total. The topological polar surface area (TPSA) is 54.5 Å². The van der Waals surface area contributed by atoms with E-state index in [0.29, 0.717) is 0 Å². The van der Waals surface area contributed by atoms with Gasteiger partial charge in [-0.05, 0) is 0 Å². The van der Waals surface area contributed by atoms with E-state index in [1.54, 1.807) is 0 Å². The van der Waals surface area contributed by atoms with Crippen molar-refractivity contribution >= 4 is 11.2 Å². The van der Waals surface area contributed by atoms with E-state index >= 15 is 0 Å². The Bertz CT molecular complexity index is 396. The van der Waals surface area contributed by atoms with E-state index in [9.17, 15) is 8.78 Å². The number of H-pyrrole nitrogens is 1. The number of halogens is 2. The fourth-order valence-electron chi connectivity index (χ4n) is 0.772. The van der Waals surface area contributed by atoms with Crippen LogP contribution in [0.15, 0.2) is 6.33 Å². The van der Waals surface area contributed by atoms with Gasteiger partial charge in [-0.3, -0.25) is 0 Å². The molecule has 0 aliphatic rings. The van der Waals surface area contributed by atoms with E-state index in [1.165, 1.54) is 0 Å². The van der Waals surface area contributed by atoms with Gasteiger partial charge in [0.2, 0.25) is 5.95 Å². The summed E-state index contributed by atoms with van der Waals surface area (Å²) in [6.07, 6.45) is 0.122. The van der Waals surface area contributed by atoms with Gasteiger partial charge in [0, 0.05) is 0 Å². The molecule has 0 aliphatic heterocycles. The molecule has 0 unspecified atom stereocenters. The lowest BCUT2D eigenvalue weighted by Gasteiger charge is -1.85. The standard InChI is InChI=1S/C5H2F2N4/c6-3-2-4(9-1-8-3)11-5(7)10-2/h1H,(H,8,9,10,11). The number of imidazole rings is 1. The number of hydrogen-bond acceptors (Lipinski definition) is 3. The lowest BCUT2D eigenvalue weighted by molar-refractivity contribution is 0.551. The highest BCUT2D eigenvalue weighted by atomic mass is 19.1. The molecule has 0 aliphatic carbocycles. The van der Waals surface area contributed by atoms with E-state index in [1.807, 2.05) is 4.98 Å². The van der Waals surface area contributed by atoms with E-state index in [-0.39, 0.29) is 11.2 Å². The highest BCUT2D eigenvalue weighted by molar-refractivity contribution is 5.68. The van der Waals surface area contributed by atoms with Crippen molar-refractivity contribution in [1.82, 2.24) is 19.9 Å².